The van der Waals surface area contributed by atoms with Gasteiger partial charge in [0.05, 0.1) is 11.6 Å². The Morgan fingerprint density at radius 1 is 1.27 bits per heavy atom. The number of rotatable bonds is 9. The summed E-state index contributed by atoms with van der Waals surface area (Å²) in [5.74, 6) is 1.28. The summed E-state index contributed by atoms with van der Waals surface area (Å²) in [6, 6.07) is 8.27. The summed E-state index contributed by atoms with van der Waals surface area (Å²) in [5.41, 5.74) is 0.749. The standard InChI is InChI=1S/C21H22Cl2N4O3/c1-13(2)19(21-26-20(27-30-21)14-5-3-9-24-12-14)25-18(28)6-4-10-29-17-8-7-15(22)11-16(17)23/h3,5,7-9,11-13,19H,4,6,10H2,1-2H3,(H,25,28). The Bertz CT molecular complexity index is 979. The number of benzene rings is 1. The summed E-state index contributed by atoms with van der Waals surface area (Å²) in [7, 11) is 0. The highest BCUT2D eigenvalue weighted by atomic mass is 35.5. The van der Waals surface area contributed by atoms with E-state index in [0.717, 1.165) is 5.56 Å². The second kappa shape index (κ2) is 10.4. The SMILES string of the molecule is CC(C)C(NC(=O)CCCOc1ccc(Cl)cc1Cl)c1nc(-c2cccnc2)no1. The lowest BCUT2D eigenvalue weighted by molar-refractivity contribution is -0.122. The number of nitrogens with one attached hydrogen (secondary N) is 1. The van der Waals surface area contributed by atoms with Gasteiger partial charge in [-0.15, -0.1) is 0 Å². The minimum atomic E-state index is -0.387. The minimum absolute atomic E-state index is 0.0697. The van der Waals surface area contributed by atoms with Gasteiger partial charge >= 0.3 is 0 Å². The van der Waals surface area contributed by atoms with Crippen molar-refractivity contribution in [3.63, 3.8) is 0 Å². The molecular weight excluding hydrogens is 427 g/mol. The normalized spacial score (nSPS) is 12.0. The third-order valence-electron chi connectivity index (χ3n) is 4.31. The van der Waals surface area contributed by atoms with Crippen LogP contribution >= 0.6 is 23.2 Å². The molecule has 158 valence electrons. The zero-order valence-corrected chi connectivity index (χ0v) is 18.2. The van der Waals surface area contributed by atoms with E-state index >= 15 is 0 Å². The largest absolute Gasteiger partial charge is 0.492 e. The number of carbonyl (C=O) groups excluding carboxylic acids is 1. The first-order valence-corrected chi connectivity index (χ1v) is 10.3. The molecule has 0 saturated heterocycles. The van der Waals surface area contributed by atoms with Crippen LogP contribution in [0.15, 0.2) is 47.2 Å². The lowest BCUT2D eigenvalue weighted by Crippen LogP contribution is -2.32. The van der Waals surface area contributed by atoms with Crippen LogP contribution in [0.1, 0.15) is 38.6 Å². The van der Waals surface area contributed by atoms with Crippen LogP contribution in [-0.4, -0.2) is 27.6 Å². The Morgan fingerprint density at radius 3 is 2.80 bits per heavy atom. The van der Waals surface area contributed by atoms with Crippen LogP contribution < -0.4 is 10.1 Å². The van der Waals surface area contributed by atoms with E-state index in [1.54, 1.807) is 36.7 Å². The average molecular weight is 449 g/mol. The zero-order chi connectivity index (χ0) is 21.5. The molecule has 1 atom stereocenters. The van der Waals surface area contributed by atoms with Gasteiger partial charge in [-0.05, 0) is 42.7 Å². The fraction of sp³-hybridized carbons (Fsp3) is 0.333. The summed E-state index contributed by atoms with van der Waals surface area (Å²) in [6.07, 6.45) is 4.15. The number of ether oxygens (including phenoxy) is 1. The van der Waals surface area contributed by atoms with Crippen LogP contribution in [0.3, 0.4) is 0 Å². The van der Waals surface area contributed by atoms with Crippen molar-refractivity contribution in [1.29, 1.82) is 0 Å². The van der Waals surface area contributed by atoms with Gasteiger partial charge in [-0.3, -0.25) is 9.78 Å². The van der Waals surface area contributed by atoms with Gasteiger partial charge in [0.15, 0.2) is 0 Å². The summed E-state index contributed by atoms with van der Waals surface area (Å²) >= 11 is 11.9. The molecule has 1 amide bonds. The molecule has 0 aliphatic heterocycles. The van der Waals surface area contributed by atoms with Crippen molar-refractivity contribution < 1.29 is 14.1 Å². The summed E-state index contributed by atoms with van der Waals surface area (Å²) in [4.78, 5) is 20.9. The molecule has 7 nitrogen and oxygen atoms in total. The number of hydrogen-bond donors (Lipinski definition) is 1. The number of carbonyl (C=O) groups is 1. The van der Waals surface area contributed by atoms with Gasteiger partial charge in [0.1, 0.15) is 11.8 Å². The van der Waals surface area contributed by atoms with Crippen LogP contribution in [0.4, 0.5) is 0 Å². The molecule has 2 heterocycles. The molecular formula is C21H22Cl2N4O3. The van der Waals surface area contributed by atoms with E-state index in [2.05, 4.69) is 20.4 Å². The maximum absolute atomic E-state index is 12.4. The molecule has 1 aromatic carbocycles. The molecule has 3 rings (SSSR count). The molecule has 2 aromatic heterocycles. The first-order chi connectivity index (χ1) is 14.4. The first kappa shape index (κ1) is 22.1. The molecule has 0 fully saturated rings. The monoisotopic (exact) mass is 448 g/mol. The van der Waals surface area contributed by atoms with Crippen molar-refractivity contribution in [3.05, 3.63) is 58.7 Å². The number of aromatic nitrogens is 3. The third-order valence-corrected chi connectivity index (χ3v) is 4.84. The lowest BCUT2D eigenvalue weighted by Gasteiger charge is -2.18. The zero-order valence-electron chi connectivity index (χ0n) is 16.6. The highest BCUT2D eigenvalue weighted by Gasteiger charge is 2.24. The molecule has 0 saturated carbocycles. The molecule has 9 heteroatoms. The molecule has 0 aliphatic carbocycles. The Hall–Kier alpha value is -2.64. The predicted molar refractivity (Wildman–Crippen MR) is 114 cm³/mol. The molecule has 1 N–H and O–H groups in total. The topological polar surface area (TPSA) is 90.1 Å². The molecule has 1 unspecified atom stereocenters. The van der Waals surface area contributed by atoms with Gasteiger partial charge in [-0.2, -0.15) is 4.98 Å². The molecule has 0 bridgehead atoms. The first-order valence-electron chi connectivity index (χ1n) is 9.55. The number of hydrogen-bond acceptors (Lipinski definition) is 6. The maximum Gasteiger partial charge on any atom is 0.249 e. The van der Waals surface area contributed by atoms with E-state index in [1.165, 1.54) is 0 Å². The number of pyridine rings is 1. The Balaban J connectivity index is 1.52. The summed E-state index contributed by atoms with van der Waals surface area (Å²) in [5, 5.41) is 7.94. The average Bonchev–Trinajstić information content (AvgIpc) is 3.21. The number of nitrogens with zero attached hydrogens (tertiary/aromatic N) is 3. The van der Waals surface area contributed by atoms with Crippen LogP contribution in [0.5, 0.6) is 5.75 Å². The second-order valence-corrected chi connectivity index (χ2v) is 7.86. The van der Waals surface area contributed by atoms with Crippen molar-refractivity contribution in [3.8, 4) is 17.1 Å². The minimum Gasteiger partial charge on any atom is -0.492 e. The van der Waals surface area contributed by atoms with Crippen LogP contribution in [-0.2, 0) is 4.79 Å². The van der Waals surface area contributed by atoms with E-state index < -0.39 is 0 Å². The van der Waals surface area contributed by atoms with Gasteiger partial charge in [0, 0.05) is 29.4 Å². The van der Waals surface area contributed by atoms with Gasteiger partial charge in [0.2, 0.25) is 17.6 Å². The van der Waals surface area contributed by atoms with Gasteiger partial charge in [0.25, 0.3) is 0 Å². The van der Waals surface area contributed by atoms with Crippen molar-refractivity contribution in [2.45, 2.75) is 32.7 Å². The van der Waals surface area contributed by atoms with Crippen molar-refractivity contribution >= 4 is 29.1 Å². The number of halogens is 2. The van der Waals surface area contributed by atoms with Crippen molar-refractivity contribution in [1.82, 2.24) is 20.4 Å². The van der Waals surface area contributed by atoms with E-state index in [0.29, 0.717) is 40.5 Å². The van der Waals surface area contributed by atoms with E-state index in [4.69, 9.17) is 32.5 Å². The Labute approximate surface area is 184 Å². The van der Waals surface area contributed by atoms with Crippen molar-refractivity contribution in [2.75, 3.05) is 6.61 Å². The summed E-state index contributed by atoms with van der Waals surface area (Å²) < 4.78 is 11.0. The fourth-order valence-corrected chi connectivity index (χ4v) is 3.20. The van der Waals surface area contributed by atoms with E-state index in [-0.39, 0.29) is 24.3 Å². The Kier molecular flexibility index (Phi) is 7.65. The molecule has 0 radical (unpaired) electrons. The molecule has 3 aromatic rings. The van der Waals surface area contributed by atoms with Crippen LogP contribution in [0.2, 0.25) is 10.0 Å². The van der Waals surface area contributed by atoms with Gasteiger partial charge in [-0.25, -0.2) is 0 Å². The van der Waals surface area contributed by atoms with Crippen molar-refractivity contribution in [2.24, 2.45) is 5.92 Å². The van der Waals surface area contributed by atoms with Gasteiger partial charge < -0.3 is 14.6 Å². The molecule has 30 heavy (non-hydrogen) atoms. The Morgan fingerprint density at radius 2 is 2.10 bits per heavy atom. The van der Waals surface area contributed by atoms with E-state index in [1.807, 2.05) is 19.9 Å². The highest BCUT2D eigenvalue weighted by Crippen LogP contribution is 2.27. The molecule has 0 aliphatic rings. The number of amides is 1. The smallest absolute Gasteiger partial charge is 0.249 e. The predicted octanol–water partition coefficient (Wildman–Crippen LogP) is 5.11. The van der Waals surface area contributed by atoms with Crippen LogP contribution in [0.25, 0.3) is 11.4 Å². The lowest BCUT2D eigenvalue weighted by atomic mass is 10.0. The fourth-order valence-electron chi connectivity index (χ4n) is 2.74. The third kappa shape index (κ3) is 5.93. The second-order valence-electron chi connectivity index (χ2n) is 7.01. The molecule has 0 spiro atoms. The maximum atomic E-state index is 12.4. The van der Waals surface area contributed by atoms with E-state index in [9.17, 15) is 4.79 Å². The van der Waals surface area contributed by atoms with Gasteiger partial charge in [-0.1, -0.05) is 42.2 Å². The van der Waals surface area contributed by atoms with Crippen LogP contribution in [0, 0.1) is 5.92 Å². The quantitative estimate of drug-likeness (QED) is 0.457. The summed E-state index contributed by atoms with van der Waals surface area (Å²) in [6.45, 7) is 4.31. The highest BCUT2D eigenvalue weighted by molar-refractivity contribution is 6.35.